The number of nitrogens with zero attached hydrogens (tertiary/aromatic N) is 2. The number of fused-ring (bicyclic) bond motifs is 2. The lowest BCUT2D eigenvalue weighted by molar-refractivity contribution is 0.0876. The van der Waals surface area contributed by atoms with Gasteiger partial charge < -0.3 is 18.9 Å². The first-order valence-electron chi connectivity index (χ1n) is 29.8. The Balaban J connectivity index is 1.26. The molecule has 0 aliphatic carbocycles. The van der Waals surface area contributed by atoms with E-state index in [-0.39, 0.29) is 80.1 Å². The Bertz CT molecular complexity index is 5000. The lowest BCUT2D eigenvalue weighted by atomic mass is 9.80. The van der Waals surface area contributed by atoms with E-state index in [1.54, 1.807) is 115 Å². The molecule has 0 radical (unpaired) electrons. The van der Waals surface area contributed by atoms with Crippen LogP contribution in [0.15, 0.2) is 158 Å². The molecule has 0 fully saturated rings. The minimum atomic E-state index is -0.693. The fourth-order valence-corrected chi connectivity index (χ4v) is 12.8. The molecule has 11 aromatic rings. The van der Waals surface area contributed by atoms with Crippen molar-refractivity contribution in [2.24, 2.45) is 0 Å². The number of hydrogen-bond acceptors (Lipinski definition) is 8. The van der Waals surface area contributed by atoms with Crippen LogP contribution in [-0.4, -0.2) is 23.6 Å². The van der Waals surface area contributed by atoms with Gasteiger partial charge in [-0.3, -0.25) is 19.2 Å². The quantitative estimate of drug-likeness (QED) is 0.0458. The van der Waals surface area contributed by atoms with Crippen molar-refractivity contribution in [2.75, 3.05) is 9.80 Å². The maximum atomic E-state index is 16.8. The highest BCUT2D eigenvalue weighted by Gasteiger charge is 2.45. The lowest BCUT2D eigenvalue weighted by Gasteiger charge is -2.35. The molecule has 0 unspecified atom stereocenters. The topological polar surface area (TPSA) is 112 Å². The van der Waals surface area contributed by atoms with Crippen LogP contribution in [0.4, 0.5) is 11.4 Å². The molecule has 10 heteroatoms. The lowest BCUT2D eigenvalue weighted by Crippen LogP contribution is -2.42. The first-order valence-corrected chi connectivity index (χ1v) is 29.8. The van der Waals surface area contributed by atoms with Crippen LogP contribution in [0.25, 0.3) is 43.1 Å². The highest BCUT2D eigenvalue weighted by Crippen LogP contribution is 2.60. The van der Waals surface area contributed by atoms with Gasteiger partial charge in [-0.15, -0.1) is 25.7 Å². The smallest absolute Gasteiger partial charge is 0.269 e. The fourth-order valence-electron chi connectivity index (χ4n) is 12.8. The van der Waals surface area contributed by atoms with Gasteiger partial charge in [0.2, 0.25) is 0 Å². The van der Waals surface area contributed by atoms with E-state index in [0.717, 1.165) is 22.3 Å². The minimum absolute atomic E-state index is 0.00813. The Kier molecular flexibility index (Phi) is 14.3. The van der Waals surface area contributed by atoms with Gasteiger partial charge in [0.1, 0.15) is 34.5 Å². The van der Waals surface area contributed by atoms with E-state index in [1.807, 2.05) is 97.9 Å². The summed E-state index contributed by atoms with van der Waals surface area (Å²) in [5.74, 6) is 9.41. The standard InChI is InChI=1S/C80H58N2O8/c1-13-47-23-31-51(32-24-47)87-63-41-61-65-60(77(83)81(78(61)84)73-55(43(5)6)19-17-20-56(73)44(7)8)40-39-59-66(65)69(63)70-64(88-52-33-25-48(14-2)26-34-52)42-62-67-71(70)68(59)75(89-53-35-27-49(15-3)28-36-53)76(90-54-37-29-50(16-4)30-38-54)72(67)80(86)82(79(62)85)74-57(45(9)10)21-18-22-58(74)46(11)12/h1-4,17-46H,5-12H3. The van der Waals surface area contributed by atoms with Crippen molar-refractivity contribution in [1.82, 2.24) is 0 Å². The monoisotopic (exact) mass is 1170 g/mol. The first-order chi connectivity index (χ1) is 43.4. The molecule has 13 rings (SSSR count). The van der Waals surface area contributed by atoms with E-state index in [4.69, 9.17) is 44.6 Å². The second kappa shape index (κ2) is 22.3. The van der Waals surface area contributed by atoms with E-state index < -0.39 is 23.6 Å². The van der Waals surface area contributed by atoms with Crippen LogP contribution in [-0.2, 0) is 0 Å². The van der Waals surface area contributed by atoms with Crippen molar-refractivity contribution in [3.8, 4) is 95.4 Å². The second-order valence-corrected chi connectivity index (χ2v) is 23.8. The number of anilines is 2. The van der Waals surface area contributed by atoms with Crippen LogP contribution < -0.4 is 28.7 Å². The molecule has 10 nitrogen and oxygen atoms in total. The number of hydrogen-bond donors (Lipinski definition) is 0. The summed E-state index contributed by atoms with van der Waals surface area (Å²) in [4.78, 5) is 67.9. The molecule has 0 N–H and O–H groups in total. The highest BCUT2D eigenvalue weighted by atomic mass is 16.5. The van der Waals surface area contributed by atoms with Crippen LogP contribution in [0.1, 0.15) is 165 Å². The summed E-state index contributed by atoms with van der Waals surface area (Å²) >= 11 is 0. The fraction of sp³-hybridized carbons (Fsp3) is 0.150. The number of ether oxygens (including phenoxy) is 4. The summed E-state index contributed by atoms with van der Waals surface area (Å²) in [6, 6.07) is 46.2. The molecule has 436 valence electrons. The van der Waals surface area contributed by atoms with Gasteiger partial charge in [-0.1, -0.05) is 122 Å². The summed E-state index contributed by atoms with van der Waals surface area (Å²) in [5, 5.41) is 2.78. The Hall–Kier alpha value is -11.6. The predicted octanol–water partition coefficient (Wildman–Crippen LogP) is 18.9. The van der Waals surface area contributed by atoms with Crippen molar-refractivity contribution in [3.05, 3.63) is 224 Å². The average Bonchev–Trinajstić information content (AvgIpc) is 0.673. The number of carbonyl (C=O) groups excluding carboxylic acids is 4. The molecule has 2 aliphatic rings. The van der Waals surface area contributed by atoms with Crippen molar-refractivity contribution in [2.45, 2.75) is 79.1 Å². The number of terminal acetylenes is 4. The normalized spacial score (nSPS) is 12.8. The van der Waals surface area contributed by atoms with Crippen LogP contribution in [0.2, 0.25) is 0 Å². The van der Waals surface area contributed by atoms with Gasteiger partial charge in [-0.25, -0.2) is 9.80 Å². The number of benzene rings is 11. The van der Waals surface area contributed by atoms with Crippen LogP contribution >= 0.6 is 0 Å². The van der Waals surface area contributed by atoms with Crippen LogP contribution in [0.5, 0.6) is 46.0 Å². The Morgan fingerprint density at radius 1 is 0.333 bits per heavy atom. The average molecular weight is 1180 g/mol. The maximum absolute atomic E-state index is 16.8. The van der Waals surface area contributed by atoms with Gasteiger partial charge in [-0.05, 0) is 167 Å². The zero-order valence-corrected chi connectivity index (χ0v) is 50.8. The van der Waals surface area contributed by atoms with Crippen molar-refractivity contribution in [3.63, 3.8) is 0 Å². The molecule has 90 heavy (non-hydrogen) atoms. The molecule has 0 spiro atoms. The van der Waals surface area contributed by atoms with Gasteiger partial charge in [-0.2, -0.15) is 0 Å². The summed E-state index contributed by atoms with van der Waals surface area (Å²) in [6.45, 7) is 16.2. The second-order valence-electron chi connectivity index (χ2n) is 23.8. The highest BCUT2D eigenvalue weighted by molar-refractivity contribution is 6.48. The Labute approximate surface area is 522 Å². The molecule has 11 aromatic carbocycles. The largest absolute Gasteiger partial charge is 0.457 e. The number of para-hydroxylation sites is 2. The SMILES string of the molecule is C#Cc1ccc(Oc2c3c4c(cc(Oc5ccc(C#C)cc5)c5c6c(Oc7ccc(C#C)cc7)cc7c8c(ccc(c(c2Oc2ccc(C#C)cc2)c45)c86)C(=O)N(c2c(C(C)C)cccc2C(C)C)C7=O)C(=O)N(c2c(C(C)C)cccc2C(C)C)C3=O)cc1. The van der Waals surface area contributed by atoms with Gasteiger partial charge >= 0.3 is 0 Å². The number of imide groups is 2. The molecule has 2 aliphatic heterocycles. The van der Waals surface area contributed by atoms with Gasteiger partial charge in [0.05, 0.1) is 28.1 Å². The predicted molar refractivity (Wildman–Crippen MR) is 357 cm³/mol. The molecule has 4 amide bonds. The zero-order chi connectivity index (χ0) is 63.1. The van der Waals surface area contributed by atoms with Gasteiger partial charge in [0.25, 0.3) is 23.6 Å². The number of carbonyl (C=O) groups is 4. The minimum Gasteiger partial charge on any atom is -0.457 e. The molecule has 0 atom stereocenters. The van der Waals surface area contributed by atoms with Crippen molar-refractivity contribution < 1.29 is 38.1 Å². The third-order valence-corrected chi connectivity index (χ3v) is 17.0. The summed E-state index contributed by atoms with van der Waals surface area (Å²) in [6.07, 6.45) is 23.6. The Morgan fingerprint density at radius 2 is 0.678 bits per heavy atom. The van der Waals surface area contributed by atoms with E-state index in [2.05, 4.69) is 23.7 Å². The molecular weight excluding hydrogens is 1120 g/mol. The molecule has 0 bridgehead atoms. The van der Waals surface area contributed by atoms with E-state index in [0.29, 0.717) is 88.6 Å². The molecule has 0 saturated heterocycles. The number of rotatable bonds is 14. The van der Waals surface area contributed by atoms with Crippen LogP contribution in [0.3, 0.4) is 0 Å². The molecular formula is C80H58N2O8. The number of amides is 4. The zero-order valence-electron chi connectivity index (χ0n) is 50.8. The third kappa shape index (κ3) is 9.20. The summed E-state index contributed by atoms with van der Waals surface area (Å²) in [7, 11) is 0. The van der Waals surface area contributed by atoms with Gasteiger partial charge in [0, 0.05) is 65.5 Å². The first kappa shape index (κ1) is 57.5. The summed E-state index contributed by atoms with van der Waals surface area (Å²) < 4.78 is 28.9. The van der Waals surface area contributed by atoms with E-state index in [1.165, 1.54) is 9.80 Å². The summed E-state index contributed by atoms with van der Waals surface area (Å²) in [5.41, 5.74) is 6.96. The van der Waals surface area contributed by atoms with E-state index in [9.17, 15) is 0 Å². The van der Waals surface area contributed by atoms with Crippen molar-refractivity contribution in [1.29, 1.82) is 0 Å². The molecule has 0 aromatic heterocycles. The molecule has 0 saturated carbocycles. The maximum Gasteiger partial charge on any atom is 0.269 e. The third-order valence-electron chi connectivity index (χ3n) is 17.0. The van der Waals surface area contributed by atoms with Crippen LogP contribution in [0, 0.1) is 49.4 Å². The molecule has 2 heterocycles. The van der Waals surface area contributed by atoms with E-state index >= 15 is 19.2 Å². The Morgan fingerprint density at radius 3 is 1.07 bits per heavy atom. The van der Waals surface area contributed by atoms with Gasteiger partial charge in [0.15, 0.2) is 11.5 Å². The van der Waals surface area contributed by atoms with Crippen molar-refractivity contribution >= 4 is 78.1 Å².